The number of nitrogens with one attached hydrogen (secondary N) is 3. The van der Waals surface area contributed by atoms with E-state index in [9.17, 15) is 13.2 Å². The molecule has 2 amide bonds. The van der Waals surface area contributed by atoms with Crippen LogP contribution in [-0.4, -0.2) is 53.8 Å². The van der Waals surface area contributed by atoms with Gasteiger partial charge in [-0.05, 0) is 98.6 Å². The Morgan fingerprint density at radius 1 is 1.02 bits per heavy atom. The van der Waals surface area contributed by atoms with Crippen molar-refractivity contribution in [3.8, 4) is 5.75 Å². The minimum absolute atomic E-state index is 0.186. The van der Waals surface area contributed by atoms with Crippen molar-refractivity contribution in [3.05, 3.63) is 83.3 Å². The minimum atomic E-state index is -3.49. The van der Waals surface area contributed by atoms with Gasteiger partial charge in [0.05, 0.1) is 29.7 Å². The maximum Gasteiger partial charge on any atom is 0.319 e. The van der Waals surface area contributed by atoms with Crippen LogP contribution in [0.1, 0.15) is 88.0 Å². The second-order valence-corrected chi connectivity index (χ2v) is 15.6. The number of sulfonamides is 1. The molecule has 1 aliphatic carbocycles. The number of amides is 2. The number of likely N-dealkylation sites (tertiary alicyclic amines) is 1. The fourth-order valence-corrected chi connectivity index (χ4v) is 7.15. The van der Waals surface area contributed by atoms with E-state index >= 15 is 0 Å². The smallest absolute Gasteiger partial charge is 0.319 e. The van der Waals surface area contributed by atoms with Crippen LogP contribution in [0.2, 0.25) is 0 Å². The molecule has 1 saturated heterocycles. The van der Waals surface area contributed by atoms with E-state index in [1.54, 1.807) is 12.1 Å². The molecule has 0 bridgehead atoms. The van der Waals surface area contributed by atoms with E-state index in [-0.39, 0.29) is 29.1 Å². The third-order valence-electron chi connectivity index (χ3n) is 9.24. The van der Waals surface area contributed by atoms with Gasteiger partial charge in [-0.25, -0.2) is 13.2 Å². The average molecular weight is 646 g/mol. The second-order valence-electron chi connectivity index (χ2n) is 13.8. The molecule has 1 unspecified atom stereocenters. The summed E-state index contributed by atoms with van der Waals surface area (Å²) in [6.07, 6.45) is 6.43. The molecule has 11 nitrogen and oxygen atoms in total. The van der Waals surface area contributed by atoms with Crippen molar-refractivity contribution in [2.75, 3.05) is 29.9 Å². The fraction of sp³-hybridized carbons (Fsp3) is 0.441. The van der Waals surface area contributed by atoms with Crippen LogP contribution in [0.4, 0.5) is 16.2 Å². The van der Waals surface area contributed by atoms with Crippen LogP contribution < -0.4 is 20.1 Å². The zero-order chi connectivity index (χ0) is 32.9. The van der Waals surface area contributed by atoms with Crippen LogP contribution in [0.5, 0.6) is 5.75 Å². The van der Waals surface area contributed by atoms with Gasteiger partial charge in [-0.2, -0.15) is 0 Å². The molecule has 3 N–H and O–H groups in total. The molecule has 0 spiro atoms. The van der Waals surface area contributed by atoms with Gasteiger partial charge in [0.1, 0.15) is 11.9 Å². The first-order valence-corrected chi connectivity index (χ1v) is 17.6. The third-order valence-corrected chi connectivity index (χ3v) is 9.84. The molecule has 4 aromatic rings. The van der Waals surface area contributed by atoms with Crippen LogP contribution in [0.3, 0.4) is 0 Å². The number of rotatable bonds is 7. The van der Waals surface area contributed by atoms with E-state index in [1.165, 1.54) is 0 Å². The highest BCUT2D eigenvalue weighted by atomic mass is 32.2. The molecule has 12 heteroatoms. The zero-order valence-corrected chi connectivity index (χ0v) is 28.1. The van der Waals surface area contributed by atoms with E-state index in [0.717, 1.165) is 59.6 Å². The minimum Gasteiger partial charge on any atom is -0.484 e. The van der Waals surface area contributed by atoms with E-state index in [1.807, 2.05) is 67.8 Å². The Morgan fingerprint density at radius 2 is 1.76 bits per heavy atom. The number of carbonyl (C=O) groups is 1. The number of anilines is 2. The number of ether oxygens (including phenoxy) is 1. The Morgan fingerprint density at radius 3 is 2.46 bits per heavy atom. The van der Waals surface area contributed by atoms with Crippen molar-refractivity contribution < 1.29 is 17.9 Å². The standard InChI is InChI=1S/C34H43N7O4S/c1-33(2,3)22-18-23(20-24(19-22)39-46(6,43)44)35-32(42)36-28-13-14-29(27-11-8-7-10-26(27)28)45-25-12-15-30-37-38-31(41(30)21-25)34(4)16-9-17-40(34)5/h7-8,10-12,15,18-21,28-29,39H,9,13-14,16-17H2,1-6H3,(H2,35,36,42)/t28-,29+,34?/m0/s1. The molecule has 3 atom stereocenters. The third kappa shape index (κ3) is 6.54. The first kappa shape index (κ1) is 31.8. The normalized spacial score (nSPS) is 22.0. The number of urea groups is 1. The largest absolute Gasteiger partial charge is 0.484 e. The van der Waals surface area contributed by atoms with Gasteiger partial charge in [0, 0.05) is 5.69 Å². The molecular weight excluding hydrogens is 602 g/mol. The van der Waals surface area contributed by atoms with E-state index in [2.05, 4.69) is 50.5 Å². The van der Waals surface area contributed by atoms with Crippen molar-refractivity contribution >= 4 is 33.1 Å². The maximum absolute atomic E-state index is 13.3. The van der Waals surface area contributed by atoms with Crippen molar-refractivity contribution in [3.63, 3.8) is 0 Å². The number of hydrogen-bond acceptors (Lipinski definition) is 7. The summed E-state index contributed by atoms with van der Waals surface area (Å²) in [7, 11) is -1.35. The highest BCUT2D eigenvalue weighted by Crippen LogP contribution is 2.40. The number of pyridine rings is 1. The summed E-state index contributed by atoms with van der Waals surface area (Å²) in [6.45, 7) is 9.35. The van der Waals surface area contributed by atoms with Gasteiger partial charge in [0.2, 0.25) is 10.0 Å². The molecule has 2 aromatic heterocycles. The molecule has 244 valence electrons. The van der Waals surface area contributed by atoms with Crippen LogP contribution in [0.25, 0.3) is 5.65 Å². The van der Waals surface area contributed by atoms with Crippen LogP contribution in [0, 0.1) is 0 Å². The number of fused-ring (bicyclic) bond motifs is 2. The molecule has 2 aromatic carbocycles. The van der Waals surface area contributed by atoms with E-state index in [0.29, 0.717) is 24.2 Å². The van der Waals surface area contributed by atoms with Gasteiger partial charge in [0.25, 0.3) is 0 Å². The molecule has 46 heavy (non-hydrogen) atoms. The molecule has 1 aliphatic heterocycles. The Hall–Kier alpha value is -4.16. The topological polar surface area (TPSA) is 130 Å². The zero-order valence-electron chi connectivity index (χ0n) is 27.3. The van der Waals surface area contributed by atoms with Gasteiger partial charge in [0.15, 0.2) is 11.5 Å². The second kappa shape index (κ2) is 11.9. The summed E-state index contributed by atoms with van der Waals surface area (Å²) >= 11 is 0. The molecule has 0 saturated carbocycles. The SMILES string of the molecule is CN1CCCC1(C)c1nnc2ccc(O[C@@H]3CC[C@H](NC(=O)Nc4cc(NS(C)(=O)=O)cc(C(C)(C)C)c4)c4ccccc43)cn12. The molecular formula is C34H43N7O4S. The van der Waals surface area contributed by atoms with Crippen molar-refractivity contribution in [2.45, 2.75) is 76.5 Å². The first-order valence-electron chi connectivity index (χ1n) is 15.7. The van der Waals surface area contributed by atoms with E-state index in [4.69, 9.17) is 4.74 Å². The van der Waals surface area contributed by atoms with E-state index < -0.39 is 10.0 Å². The number of hydrogen-bond donors (Lipinski definition) is 3. The number of benzene rings is 2. The Kier molecular flexibility index (Phi) is 8.22. The molecule has 2 aliphatic rings. The predicted molar refractivity (Wildman–Crippen MR) is 180 cm³/mol. The lowest BCUT2D eigenvalue weighted by Crippen LogP contribution is -2.37. The molecule has 6 rings (SSSR count). The summed E-state index contributed by atoms with van der Waals surface area (Å²) in [6, 6.07) is 16.6. The number of nitrogens with zero attached hydrogens (tertiary/aromatic N) is 4. The quantitative estimate of drug-likeness (QED) is 0.221. The van der Waals surface area contributed by atoms with Crippen LogP contribution in [0.15, 0.2) is 60.8 Å². The Bertz CT molecular complexity index is 1880. The highest BCUT2D eigenvalue weighted by molar-refractivity contribution is 7.92. The lowest BCUT2D eigenvalue weighted by atomic mass is 9.85. The van der Waals surface area contributed by atoms with Crippen LogP contribution in [-0.2, 0) is 21.0 Å². The Labute approximate surface area is 270 Å². The lowest BCUT2D eigenvalue weighted by Gasteiger charge is -2.32. The molecule has 1 fully saturated rings. The summed E-state index contributed by atoms with van der Waals surface area (Å²) in [5.41, 5.74) is 4.16. The van der Waals surface area contributed by atoms with Gasteiger partial charge >= 0.3 is 6.03 Å². The first-order chi connectivity index (χ1) is 21.7. The fourth-order valence-electron chi connectivity index (χ4n) is 6.61. The highest BCUT2D eigenvalue weighted by Gasteiger charge is 2.40. The number of aromatic nitrogens is 3. The van der Waals surface area contributed by atoms with Gasteiger partial charge in [-0.1, -0.05) is 45.0 Å². The van der Waals surface area contributed by atoms with Crippen molar-refractivity contribution in [2.24, 2.45) is 0 Å². The summed E-state index contributed by atoms with van der Waals surface area (Å²) in [5, 5.41) is 15.0. The summed E-state index contributed by atoms with van der Waals surface area (Å²) in [4.78, 5) is 15.6. The monoisotopic (exact) mass is 645 g/mol. The van der Waals surface area contributed by atoms with Gasteiger partial charge < -0.3 is 15.4 Å². The molecule has 3 heterocycles. The summed E-state index contributed by atoms with van der Waals surface area (Å²) < 4.78 is 35.0. The Balaban J connectivity index is 1.19. The van der Waals surface area contributed by atoms with Crippen molar-refractivity contribution in [1.29, 1.82) is 0 Å². The summed E-state index contributed by atoms with van der Waals surface area (Å²) in [5.74, 6) is 1.65. The van der Waals surface area contributed by atoms with Crippen molar-refractivity contribution in [1.82, 2.24) is 24.8 Å². The molecule has 0 radical (unpaired) electrons. The number of carbonyl (C=O) groups excluding carboxylic acids is 1. The lowest BCUT2D eigenvalue weighted by molar-refractivity contribution is 0.170. The van der Waals surface area contributed by atoms with Gasteiger partial charge in [-0.15, -0.1) is 10.2 Å². The van der Waals surface area contributed by atoms with Crippen LogP contribution >= 0.6 is 0 Å². The van der Waals surface area contributed by atoms with Gasteiger partial charge in [-0.3, -0.25) is 14.0 Å². The predicted octanol–water partition coefficient (Wildman–Crippen LogP) is 6.12. The maximum atomic E-state index is 13.3. The average Bonchev–Trinajstić information content (AvgIpc) is 3.55.